The van der Waals surface area contributed by atoms with E-state index in [0.29, 0.717) is 12.3 Å². The molecule has 1 nitrogen and oxygen atoms in total. The minimum atomic E-state index is 0.0729. The highest BCUT2D eigenvalue weighted by Crippen LogP contribution is 2.29. The summed E-state index contributed by atoms with van der Waals surface area (Å²) in [4.78, 5) is 10.2. The molecule has 0 bridgehead atoms. The van der Waals surface area contributed by atoms with Gasteiger partial charge in [0.25, 0.3) is 0 Å². The third kappa shape index (κ3) is 2.34. The molecule has 0 N–H and O–H groups in total. The molecular weight excluding hydrogens is 124 g/mol. The minimum Gasteiger partial charge on any atom is -0.303 e. The van der Waals surface area contributed by atoms with E-state index in [1.54, 1.807) is 0 Å². The van der Waals surface area contributed by atoms with Crippen molar-refractivity contribution in [2.75, 3.05) is 0 Å². The number of allylic oxidation sites excluding steroid dienone is 1. The van der Waals surface area contributed by atoms with Crippen LogP contribution in [-0.2, 0) is 4.79 Å². The SMILES string of the molecule is C=CC(C)C(C)(C)CC=O. The highest BCUT2D eigenvalue weighted by atomic mass is 16.1. The number of hydrogen-bond donors (Lipinski definition) is 0. The van der Waals surface area contributed by atoms with Gasteiger partial charge in [-0.15, -0.1) is 6.58 Å². The quantitative estimate of drug-likeness (QED) is 0.433. The topological polar surface area (TPSA) is 17.1 Å². The maximum Gasteiger partial charge on any atom is 0.120 e. The number of carbonyl (C=O) groups is 1. The molecule has 1 unspecified atom stereocenters. The zero-order chi connectivity index (χ0) is 8.20. The lowest BCUT2D eigenvalue weighted by Gasteiger charge is -2.26. The Morgan fingerprint density at radius 2 is 2.10 bits per heavy atom. The third-order valence-corrected chi connectivity index (χ3v) is 2.20. The first kappa shape index (κ1) is 9.41. The van der Waals surface area contributed by atoms with Gasteiger partial charge in [0.1, 0.15) is 6.29 Å². The van der Waals surface area contributed by atoms with Gasteiger partial charge in [-0.3, -0.25) is 0 Å². The summed E-state index contributed by atoms with van der Waals surface area (Å²) in [5, 5.41) is 0. The lowest BCUT2D eigenvalue weighted by molar-refractivity contribution is -0.109. The van der Waals surface area contributed by atoms with E-state index in [1.165, 1.54) is 0 Å². The molecule has 0 saturated heterocycles. The van der Waals surface area contributed by atoms with Crippen LogP contribution in [0.1, 0.15) is 27.2 Å². The first-order valence-electron chi connectivity index (χ1n) is 3.61. The van der Waals surface area contributed by atoms with Crippen molar-refractivity contribution in [3.63, 3.8) is 0 Å². The van der Waals surface area contributed by atoms with Gasteiger partial charge in [-0.1, -0.05) is 26.8 Å². The van der Waals surface area contributed by atoms with E-state index in [4.69, 9.17) is 0 Å². The van der Waals surface area contributed by atoms with E-state index in [0.717, 1.165) is 6.29 Å². The largest absolute Gasteiger partial charge is 0.303 e. The second-order valence-corrected chi connectivity index (χ2v) is 3.38. The molecule has 0 fully saturated rings. The molecule has 0 aliphatic carbocycles. The number of hydrogen-bond acceptors (Lipinski definition) is 1. The lowest BCUT2D eigenvalue weighted by Crippen LogP contribution is -2.20. The van der Waals surface area contributed by atoms with Gasteiger partial charge in [-0.2, -0.15) is 0 Å². The van der Waals surface area contributed by atoms with Crippen molar-refractivity contribution >= 4 is 6.29 Å². The smallest absolute Gasteiger partial charge is 0.120 e. The molecule has 0 aliphatic rings. The highest BCUT2D eigenvalue weighted by molar-refractivity contribution is 5.50. The van der Waals surface area contributed by atoms with Crippen LogP contribution < -0.4 is 0 Å². The molecule has 58 valence electrons. The Bertz CT molecular complexity index is 125. The molecule has 0 aromatic heterocycles. The Hall–Kier alpha value is -0.590. The fourth-order valence-corrected chi connectivity index (χ4v) is 0.720. The van der Waals surface area contributed by atoms with E-state index in [-0.39, 0.29) is 5.41 Å². The van der Waals surface area contributed by atoms with Gasteiger partial charge in [-0.25, -0.2) is 0 Å². The summed E-state index contributed by atoms with van der Waals surface area (Å²) in [6.07, 6.45) is 3.48. The normalized spacial score (nSPS) is 14.3. The minimum absolute atomic E-state index is 0.0729. The first-order valence-corrected chi connectivity index (χ1v) is 3.61. The molecule has 0 radical (unpaired) electrons. The maximum atomic E-state index is 10.2. The Labute approximate surface area is 63.1 Å². The predicted molar refractivity (Wildman–Crippen MR) is 43.8 cm³/mol. The number of aldehydes is 1. The average molecular weight is 140 g/mol. The molecule has 0 rings (SSSR count). The van der Waals surface area contributed by atoms with Crippen molar-refractivity contribution < 1.29 is 4.79 Å². The standard InChI is InChI=1S/C9H16O/c1-5-8(2)9(3,4)6-7-10/h5,7-8H,1,6H2,2-4H3. The zero-order valence-electron chi connectivity index (χ0n) is 7.05. The van der Waals surface area contributed by atoms with Crippen LogP contribution in [0.4, 0.5) is 0 Å². The van der Waals surface area contributed by atoms with Crippen molar-refractivity contribution in [2.24, 2.45) is 11.3 Å². The van der Waals surface area contributed by atoms with Gasteiger partial charge >= 0.3 is 0 Å². The summed E-state index contributed by atoms with van der Waals surface area (Å²) in [7, 11) is 0. The molecule has 10 heavy (non-hydrogen) atoms. The Kier molecular flexibility index (Phi) is 3.34. The number of carbonyl (C=O) groups excluding carboxylic acids is 1. The molecule has 0 spiro atoms. The summed E-state index contributed by atoms with van der Waals surface area (Å²) in [6, 6.07) is 0. The van der Waals surface area contributed by atoms with Crippen LogP contribution in [0.25, 0.3) is 0 Å². The van der Waals surface area contributed by atoms with Crippen molar-refractivity contribution in [1.82, 2.24) is 0 Å². The van der Waals surface area contributed by atoms with Crippen LogP contribution in [0.2, 0.25) is 0 Å². The van der Waals surface area contributed by atoms with Gasteiger partial charge in [0.2, 0.25) is 0 Å². The molecule has 1 atom stereocenters. The summed E-state index contributed by atoms with van der Waals surface area (Å²) in [5.74, 6) is 0.401. The van der Waals surface area contributed by atoms with E-state index >= 15 is 0 Å². The molecule has 0 aliphatic heterocycles. The molecule has 1 heteroatoms. The third-order valence-electron chi connectivity index (χ3n) is 2.20. The van der Waals surface area contributed by atoms with Crippen LogP contribution in [0, 0.1) is 11.3 Å². The summed E-state index contributed by atoms with van der Waals surface area (Å²) in [6.45, 7) is 9.93. The van der Waals surface area contributed by atoms with Gasteiger partial charge in [0.05, 0.1) is 0 Å². The fourth-order valence-electron chi connectivity index (χ4n) is 0.720. The van der Waals surface area contributed by atoms with Crippen LogP contribution in [0.5, 0.6) is 0 Å². The second kappa shape index (κ2) is 3.55. The van der Waals surface area contributed by atoms with Crippen LogP contribution in [0.15, 0.2) is 12.7 Å². The van der Waals surface area contributed by atoms with Crippen LogP contribution >= 0.6 is 0 Å². The van der Waals surface area contributed by atoms with Crippen molar-refractivity contribution in [3.05, 3.63) is 12.7 Å². The first-order chi connectivity index (χ1) is 4.54. The van der Waals surface area contributed by atoms with Gasteiger partial charge < -0.3 is 4.79 Å². The Morgan fingerprint density at radius 3 is 2.40 bits per heavy atom. The lowest BCUT2D eigenvalue weighted by atomic mass is 9.78. The summed E-state index contributed by atoms with van der Waals surface area (Å²) in [5.41, 5.74) is 0.0729. The van der Waals surface area contributed by atoms with E-state index in [9.17, 15) is 4.79 Å². The Morgan fingerprint density at radius 1 is 1.60 bits per heavy atom. The monoisotopic (exact) mass is 140 g/mol. The highest BCUT2D eigenvalue weighted by Gasteiger charge is 2.22. The maximum absolute atomic E-state index is 10.2. The summed E-state index contributed by atoms with van der Waals surface area (Å²) < 4.78 is 0. The molecule has 0 amide bonds. The zero-order valence-corrected chi connectivity index (χ0v) is 7.05. The van der Waals surface area contributed by atoms with E-state index < -0.39 is 0 Å². The van der Waals surface area contributed by atoms with Crippen LogP contribution in [-0.4, -0.2) is 6.29 Å². The molecular formula is C9H16O. The fraction of sp³-hybridized carbons (Fsp3) is 0.667. The van der Waals surface area contributed by atoms with Crippen molar-refractivity contribution in [2.45, 2.75) is 27.2 Å². The second-order valence-electron chi connectivity index (χ2n) is 3.38. The van der Waals surface area contributed by atoms with E-state index in [1.807, 2.05) is 6.08 Å². The van der Waals surface area contributed by atoms with E-state index in [2.05, 4.69) is 27.4 Å². The van der Waals surface area contributed by atoms with Gasteiger partial charge in [0.15, 0.2) is 0 Å². The molecule has 0 saturated carbocycles. The molecule has 0 heterocycles. The van der Waals surface area contributed by atoms with Gasteiger partial charge in [0, 0.05) is 6.42 Å². The average Bonchev–Trinajstić information content (AvgIpc) is 1.86. The number of rotatable bonds is 4. The van der Waals surface area contributed by atoms with Crippen molar-refractivity contribution in [1.29, 1.82) is 0 Å². The van der Waals surface area contributed by atoms with Crippen molar-refractivity contribution in [3.8, 4) is 0 Å². The van der Waals surface area contributed by atoms with Gasteiger partial charge in [-0.05, 0) is 11.3 Å². The van der Waals surface area contributed by atoms with Crippen LogP contribution in [0.3, 0.4) is 0 Å². The predicted octanol–water partition coefficient (Wildman–Crippen LogP) is 2.42. The molecule has 0 aromatic rings. The Balaban J connectivity index is 4.07. The molecule has 0 aromatic carbocycles. The summed E-state index contributed by atoms with van der Waals surface area (Å²) >= 11 is 0.